The molecule has 2 aromatic carbocycles. The zero-order chi connectivity index (χ0) is 14.7. The molecule has 0 aromatic heterocycles. The van der Waals surface area contributed by atoms with Gasteiger partial charge in [-0.3, -0.25) is 0 Å². The first kappa shape index (κ1) is 14.0. The summed E-state index contributed by atoms with van der Waals surface area (Å²) in [5.41, 5.74) is 2.34. The first-order chi connectivity index (χ1) is 10.3. The zero-order valence-electron chi connectivity index (χ0n) is 12.4. The molecule has 1 heterocycles. The van der Waals surface area contributed by atoms with Crippen LogP contribution < -0.4 is 9.47 Å². The summed E-state index contributed by atoms with van der Waals surface area (Å²) in [6.45, 7) is 0. The van der Waals surface area contributed by atoms with E-state index in [1.54, 1.807) is 14.2 Å². The Balaban J connectivity index is 1.80. The third-order valence-electron chi connectivity index (χ3n) is 3.98. The minimum atomic E-state index is 0.0797. The lowest BCUT2D eigenvalue weighted by Gasteiger charge is -2.17. The van der Waals surface area contributed by atoms with Gasteiger partial charge in [0, 0.05) is 11.6 Å². The van der Waals surface area contributed by atoms with Crippen LogP contribution >= 0.6 is 0 Å². The fourth-order valence-corrected chi connectivity index (χ4v) is 2.86. The third-order valence-corrected chi connectivity index (χ3v) is 3.98. The highest BCUT2D eigenvalue weighted by atomic mass is 16.5. The number of rotatable bonds is 4. The van der Waals surface area contributed by atoms with Crippen LogP contribution in [0.1, 0.15) is 36.2 Å². The quantitative estimate of drug-likeness (QED) is 0.838. The molecule has 0 bridgehead atoms. The molecule has 2 atom stereocenters. The minimum Gasteiger partial charge on any atom is -0.497 e. The van der Waals surface area contributed by atoms with Crippen LogP contribution in [0.5, 0.6) is 11.5 Å². The Morgan fingerprint density at radius 3 is 2.38 bits per heavy atom. The lowest BCUT2D eigenvalue weighted by Crippen LogP contribution is -2.02. The lowest BCUT2D eigenvalue weighted by atomic mass is 10.0. The highest BCUT2D eigenvalue weighted by Gasteiger charge is 2.29. The Morgan fingerprint density at radius 1 is 0.905 bits per heavy atom. The molecule has 3 heteroatoms. The molecule has 1 aliphatic rings. The van der Waals surface area contributed by atoms with Gasteiger partial charge in [0.1, 0.15) is 11.5 Å². The van der Waals surface area contributed by atoms with Gasteiger partial charge >= 0.3 is 0 Å². The van der Waals surface area contributed by atoms with Crippen LogP contribution in [0.15, 0.2) is 48.5 Å². The summed E-state index contributed by atoms with van der Waals surface area (Å²) >= 11 is 0. The van der Waals surface area contributed by atoms with Crippen molar-refractivity contribution < 1.29 is 14.2 Å². The summed E-state index contributed by atoms with van der Waals surface area (Å²) in [7, 11) is 3.34. The number of hydrogen-bond donors (Lipinski definition) is 0. The zero-order valence-corrected chi connectivity index (χ0v) is 12.4. The molecule has 21 heavy (non-hydrogen) atoms. The fraction of sp³-hybridized carbons (Fsp3) is 0.333. The third kappa shape index (κ3) is 2.88. The van der Waals surface area contributed by atoms with E-state index < -0.39 is 0 Å². The SMILES string of the molecule is COc1ccc(C2CCC(c3ccccc3)O2)c(OC)c1. The molecule has 0 N–H and O–H groups in total. The Bertz CT molecular complexity index is 595. The van der Waals surface area contributed by atoms with Crippen LogP contribution in [-0.4, -0.2) is 14.2 Å². The first-order valence-electron chi connectivity index (χ1n) is 7.24. The number of benzene rings is 2. The van der Waals surface area contributed by atoms with Gasteiger partial charge in [-0.15, -0.1) is 0 Å². The minimum absolute atomic E-state index is 0.0797. The summed E-state index contributed by atoms with van der Waals surface area (Å²) in [6.07, 6.45) is 2.28. The van der Waals surface area contributed by atoms with Crippen molar-refractivity contribution >= 4 is 0 Å². The topological polar surface area (TPSA) is 27.7 Å². The summed E-state index contributed by atoms with van der Waals surface area (Å²) < 4.78 is 17.0. The van der Waals surface area contributed by atoms with E-state index in [-0.39, 0.29) is 12.2 Å². The number of hydrogen-bond acceptors (Lipinski definition) is 3. The molecular weight excluding hydrogens is 264 g/mol. The highest BCUT2D eigenvalue weighted by molar-refractivity contribution is 5.42. The molecule has 0 radical (unpaired) electrons. The molecule has 1 fully saturated rings. The molecule has 2 aromatic rings. The van der Waals surface area contributed by atoms with E-state index >= 15 is 0 Å². The van der Waals surface area contributed by atoms with Gasteiger partial charge < -0.3 is 14.2 Å². The largest absolute Gasteiger partial charge is 0.497 e. The summed E-state index contributed by atoms with van der Waals surface area (Å²) in [5.74, 6) is 1.63. The first-order valence-corrected chi connectivity index (χ1v) is 7.24. The predicted molar refractivity (Wildman–Crippen MR) is 81.8 cm³/mol. The monoisotopic (exact) mass is 284 g/mol. The Hall–Kier alpha value is -2.00. The molecule has 2 unspecified atom stereocenters. The van der Waals surface area contributed by atoms with Gasteiger partial charge in [-0.05, 0) is 30.5 Å². The van der Waals surface area contributed by atoms with E-state index in [9.17, 15) is 0 Å². The molecule has 110 valence electrons. The van der Waals surface area contributed by atoms with Crippen molar-refractivity contribution in [3.05, 3.63) is 59.7 Å². The van der Waals surface area contributed by atoms with Crippen molar-refractivity contribution in [3.63, 3.8) is 0 Å². The average Bonchev–Trinajstić information content (AvgIpc) is 3.04. The van der Waals surface area contributed by atoms with Crippen LogP contribution in [0.4, 0.5) is 0 Å². The van der Waals surface area contributed by atoms with Crippen molar-refractivity contribution in [2.75, 3.05) is 14.2 Å². The fourth-order valence-electron chi connectivity index (χ4n) is 2.86. The molecule has 1 aliphatic heterocycles. The van der Waals surface area contributed by atoms with Crippen molar-refractivity contribution in [2.24, 2.45) is 0 Å². The maximum Gasteiger partial charge on any atom is 0.128 e. The Morgan fingerprint density at radius 2 is 1.67 bits per heavy atom. The molecule has 1 saturated heterocycles. The Labute approximate surface area is 125 Å². The number of methoxy groups -OCH3 is 2. The summed E-state index contributed by atoms with van der Waals surface area (Å²) in [6, 6.07) is 16.3. The van der Waals surface area contributed by atoms with E-state index in [0.717, 1.165) is 29.9 Å². The number of ether oxygens (including phenoxy) is 3. The standard InChI is InChI=1S/C18H20O3/c1-19-14-8-9-15(18(12-14)20-2)17-11-10-16(21-17)13-6-4-3-5-7-13/h3-9,12,16-17H,10-11H2,1-2H3. The second-order valence-electron chi connectivity index (χ2n) is 5.21. The van der Waals surface area contributed by atoms with Gasteiger partial charge in [0.25, 0.3) is 0 Å². The van der Waals surface area contributed by atoms with Crippen LogP contribution in [0.25, 0.3) is 0 Å². The lowest BCUT2D eigenvalue weighted by molar-refractivity contribution is 0.0427. The van der Waals surface area contributed by atoms with Crippen molar-refractivity contribution in [1.29, 1.82) is 0 Å². The van der Waals surface area contributed by atoms with E-state index in [2.05, 4.69) is 24.3 Å². The molecule has 0 spiro atoms. The van der Waals surface area contributed by atoms with Crippen molar-refractivity contribution in [1.82, 2.24) is 0 Å². The van der Waals surface area contributed by atoms with E-state index in [1.807, 2.05) is 24.3 Å². The van der Waals surface area contributed by atoms with Crippen LogP contribution in [0, 0.1) is 0 Å². The normalized spacial score (nSPS) is 21.2. The second-order valence-corrected chi connectivity index (χ2v) is 5.21. The average molecular weight is 284 g/mol. The predicted octanol–water partition coefficient (Wildman–Crippen LogP) is 4.30. The van der Waals surface area contributed by atoms with Crippen LogP contribution in [0.3, 0.4) is 0 Å². The Kier molecular flexibility index (Phi) is 4.11. The maximum absolute atomic E-state index is 6.23. The van der Waals surface area contributed by atoms with Gasteiger partial charge in [-0.2, -0.15) is 0 Å². The van der Waals surface area contributed by atoms with Gasteiger partial charge in [-0.1, -0.05) is 30.3 Å². The molecule has 0 amide bonds. The summed E-state index contributed by atoms with van der Waals surface area (Å²) in [4.78, 5) is 0. The van der Waals surface area contributed by atoms with E-state index in [1.165, 1.54) is 5.56 Å². The van der Waals surface area contributed by atoms with Crippen LogP contribution in [-0.2, 0) is 4.74 Å². The second kappa shape index (κ2) is 6.19. The molecule has 0 aliphatic carbocycles. The van der Waals surface area contributed by atoms with Gasteiger partial charge in [0.05, 0.1) is 26.4 Å². The van der Waals surface area contributed by atoms with Gasteiger partial charge in [0.15, 0.2) is 0 Å². The highest BCUT2D eigenvalue weighted by Crippen LogP contribution is 2.44. The van der Waals surface area contributed by atoms with Gasteiger partial charge in [0.2, 0.25) is 0 Å². The van der Waals surface area contributed by atoms with Crippen molar-refractivity contribution in [3.8, 4) is 11.5 Å². The van der Waals surface area contributed by atoms with Crippen LogP contribution in [0.2, 0.25) is 0 Å². The van der Waals surface area contributed by atoms with E-state index in [0.29, 0.717) is 0 Å². The van der Waals surface area contributed by atoms with E-state index in [4.69, 9.17) is 14.2 Å². The molecule has 3 rings (SSSR count). The smallest absolute Gasteiger partial charge is 0.128 e. The molecule has 3 nitrogen and oxygen atoms in total. The van der Waals surface area contributed by atoms with Gasteiger partial charge in [-0.25, -0.2) is 0 Å². The summed E-state index contributed by atoms with van der Waals surface area (Å²) in [5, 5.41) is 0. The van der Waals surface area contributed by atoms with Crippen molar-refractivity contribution in [2.45, 2.75) is 25.0 Å². The molecule has 0 saturated carbocycles. The molecular formula is C18H20O3. The maximum atomic E-state index is 6.23.